The fourth-order valence-corrected chi connectivity index (χ4v) is 1.09. The molecule has 0 spiro atoms. The van der Waals surface area contributed by atoms with Gasteiger partial charge >= 0.3 is 0 Å². The van der Waals surface area contributed by atoms with Crippen molar-refractivity contribution >= 4 is 5.95 Å². The summed E-state index contributed by atoms with van der Waals surface area (Å²) in [5, 5.41) is 0. The first kappa shape index (κ1) is 10.8. The average Bonchev–Trinajstić information content (AvgIpc) is 2.19. The van der Waals surface area contributed by atoms with Crippen molar-refractivity contribution in [2.45, 2.75) is 0 Å². The highest BCUT2D eigenvalue weighted by Gasteiger charge is 2.06. The van der Waals surface area contributed by atoms with Crippen LogP contribution < -0.4 is 16.4 Å². The normalized spacial score (nSPS) is 10.2. The van der Waals surface area contributed by atoms with Crippen molar-refractivity contribution in [2.24, 2.45) is 11.5 Å². The highest BCUT2D eigenvalue weighted by Crippen LogP contribution is 2.04. The van der Waals surface area contributed by atoms with E-state index in [0.29, 0.717) is 32.1 Å². The standard InChI is InChI=1S/C8H14FN5/c9-7-5-12-8(13-6-7)14(3-1-10)4-2-11/h5-6H,1-4,10-11H2. The smallest absolute Gasteiger partial charge is 0.225 e. The van der Waals surface area contributed by atoms with Gasteiger partial charge in [-0.1, -0.05) is 0 Å². The van der Waals surface area contributed by atoms with E-state index in [9.17, 15) is 4.39 Å². The van der Waals surface area contributed by atoms with Crippen molar-refractivity contribution in [2.75, 3.05) is 31.1 Å². The van der Waals surface area contributed by atoms with E-state index in [2.05, 4.69) is 9.97 Å². The summed E-state index contributed by atoms with van der Waals surface area (Å²) >= 11 is 0. The van der Waals surface area contributed by atoms with E-state index in [0.717, 1.165) is 12.4 Å². The van der Waals surface area contributed by atoms with E-state index in [1.54, 1.807) is 0 Å². The van der Waals surface area contributed by atoms with Crippen LogP contribution in [0.3, 0.4) is 0 Å². The van der Waals surface area contributed by atoms with Crippen LogP contribution in [0.4, 0.5) is 10.3 Å². The minimum Gasteiger partial charge on any atom is -0.338 e. The van der Waals surface area contributed by atoms with E-state index >= 15 is 0 Å². The van der Waals surface area contributed by atoms with Crippen LogP contribution in [-0.2, 0) is 0 Å². The molecular weight excluding hydrogens is 185 g/mol. The van der Waals surface area contributed by atoms with Gasteiger partial charge in [0, 0.05) is 26.2 Å². The van der Waals surface area contributed by atoms with Gasteiger partial charge in [-0.05, 0) is 0 Å². The maximum atomic E-state index is 12.5. The number of nitrogens with zero attached hydrogens (tertiary/aromatic N) is 3. The Morgan fingerprint density at radius 1 is 1.14 bits per heavy atom. The second-order valence-corrected chi connectivity index (χ2v) is 2.77. The Labute approximate surface area is 81.9 Å². The van der Waals surface area contributed by atoms with E-state index in [4.69, 9.17) is 11.5 Å². The molecular formula is C8H14FN5. The number of hydrogen-bond donors (Lipinski definition) is 2. The van der Waals surface area contributed by atoms with Gasteiger partial charge in [-0.15, -0.1) is 0 Å². The molecule has 0 radical (unpaired) electrons. The molecule has 1 heterocycles. The van der Waals surface area contributed by atoms with Crippen LogP contribution in [-0.4, -0.2) is 36.1 Å². The molecule has 0 amide bonds. The Morgan fingerprint density at radius 3 is 2.07 bits per heavy atom. The Morgan fingerprint density at radius 2 is 1.64 bits per heavy atom. The molecule has 0 aliphatic carbocycles. The second-order valence-electron chi connectivity index (χ2n) is 2.77. The summed E-state index contributed by atoms with van der Waals surface area (Å²) in [4.78, 5) is 9.51. The zero-order valence-corrected chi connectivity index (χ0v) is 7.86. The summed E-state index contributed by atoms with van der Waals surface area (Å²) in [6.07, 6.45) is 2.25. The molecule has 78 valence electrons. The van der Waals surface area contributed by atoms with Crippen molar-refractivity contribution in [1.82, 2.24) is 9.97 Å². The first-order valence-electron chi connectivity index (χ1n) is 4.40. The fraction of sp³-hybridized carbons (Fsp3) is 0.500. The molecule has 5 nitrogen and oxygen atoms in total. The largest absolute Gasteiger partial charge is 0.338 e. The number of hydrogen-bond acceptors (Lipinski definition) is 5. The summed E-state index contributed by atoms with van der Waals surface area (Å²) in [5.74, 6) is 0.0106. The number of aromatic nitrogens is 2. The number of rotatable bonds is 5. The Bertz CT molecular complexity index is 257. The maximum Gasteiger partial charge on any atom is 0.225 e. The highest BCUT2D eigenvalue weighted by atomic mass is 19.1. The zero-order valence-electron chi connectivity index (χ0n) is 7.86. The molecule has 1 rings (SSSR count). The predicted octanol–water partition coefficient (Wildman–Crippen LogP) is -0.660. The minimum atomic E-state index is -0.450. The molecule has 1 aromatic rings. The topological polar surface area (TPSA) is 81.1 Å². The van der Waals surface area contributed by atoms with E-state index in [1.807, 2.05) is 4.90 Å². The molecule has 0 fully saturated rings. The molecule has 0 aliphatic heterocycles. The lowest BCUT2D eigenvalue weighted by Crippen LogP contribution is -2.35. The van der Waals surface area contributed by atoms with Gasteiger partial charge in [0.05, 0.1) is 12.4 Å². The van der Waals surface area contributed by atoms with Crippen LogP contribution in [0.15, 0.2) is 12.4 Å². The third-order valence-corrected chi connectivity index (χ3v) is 1.69. The van der Waals surface area contributed by atoms with Crippen LogP contribution in [0.5, 0.6) is 0 Å². The van der Waals surface area contributed by atoms with Crippen molar-refractivity contribution in [1.29, 1.82) is 0 Å². The van der Waals surface area contributed by atoms with Gasteiger partial charge in [-0.25, -0.2) is 14.4 Å². The van der Waals surface area contributed by atoms with Gasteiger partial charge in [0.25, 0.3) is 0 Å². The van der Waals surface area contributed by atoms with Crippen LogP contribution in [0.2, 0.25) is 0 Å². The quantitative estimate of drug-likeness (QED) is 0.658. The van der Waals surface area contributed by atoms with Gasteiger partial charge in [0.2, 0.25) is 5.95 Å². The van der Waals surface area contributed by atoms with Crippen molar-refractivity contribution in [3.05, 3.63) is 18.2 Å². The molecule has 1 aromatic heterocycles. The van der Waals surface area contributed by atoms with Crippen LogP contribution >= 0.6 is 0 Å². The molecule has 0 unspecified atom stereocenters. The summed E-state index contributed by atoms with van der Waals surface area (Å²) in [5.41, 5.74) is 10.8. The molecule has 0 saturated heterocycles. The highest BCUT2D eigenvalue weighted by molar-refractivity contribution is 5.28. The fourth-order valence-electron chi connectivity index (χ4n) is 1.09. The Kier molecular flexibility index (Phi) is 4.21. The summed E-state index contributed by atoms with van der Waals surface area (Å²) < 4.78 is 12.5. The third kappa shape index (κ3) is 2.90. The molecule has 0 saturated carbocycles. The second kappa shape index (κ2) is 5.46. The van der Waals surface area contributed by atoms with Crippen LogP contribution in [0.25, 0.3) is 0 Å². The SMILES string of the molecule is NCCN(CCN)c1ncc(F)cn1. The third-order valence-electron chi connectivity index (χ3n) is 1.69. The van der Waals surface area contributed by atoms with Gasteiger partial charge in [-0.3, -0.25) is 0 Å². The van der Waals surface area contributed by atoms with Crippen molar-refractivity contribution in [3.63, 3.8) is 0 Å². The van der Waals surface area contributed by atoms with Gasteiger partial charge < -0.3 is 16.4 Å². The number of nitrogens with two attached hydrogens (primary N) is 2. The predicted molar refractivity (Wildman–Crippen MR) is 52.3 cm³/mol. The Hall–Kier alpha value is -1.27. The number of halogens is 1. The van der Waals surface area contributed by atoms with E-state index in [1.165, 1.54) is 0 Å². The molecule has 6 heteroatoms. The molecule has 0 aliphatic rings. The van der Waals surface area contributed by atoms with Crippen molar-refractivity contribution < 1.29 is 4.39 Å². The van der Waals surface area contributed by atoms with Gasteiger partial charge in [-0.2, -0.15) is 0 Å². The Balaban J connectivity index is 2.71. The monoisotopic (exact) mass is 199 g/mol. The van der Waals surface area contributed by atoms with E-state index < -0.39 is 5.82 Å². The molecule has 4 N–H and O–H groups in total. The molecule has 0 aromatic carbocycles. The first-order chi connectivity index (χ1) is 6.77. The molecule has 0 atom stereocenters. The molecule has 0 bridgehead atoms. The maximum absolute atomic E-state index is 12.5. The van der Waals surface area contributed by atoms with Crippen molar-refractivity contribution in [3.8, 4) is 0 Å². The number of anilines is 1. The minimum absolute atomic E-state index is 0.450. The summed E-state index contributed by atoms with van der Waals surface area (Å²) in [6.45, 7) is 2.20. The summed E-state index contributed by atoms with van der Waals surface area (Å²) in [6, 6.07) is 0. The summed E-state index contributed by atoms with van der Waals surface area (Å²) in [7, 11) is 0. The zero-order chi connectivity index (χ0) is 10.4. The van der Waals surface area contributed by atoms with Gasteiger partial charge in [0.1, 0.15) is 0 Å². The van der Waals surface area contributed by atoms with E-state index in [-0.39, 0.29) is 0 Å². The van der Waals surface area contributed by atoms with Crippen LogP contribution in [0.1, 0.15) is 0 Å². The lowest BCUT2D eigenvalue weighted by atomic mass is 10.5. The lowest BCUT2D eigenvalue weighted by Gasteiger charge is -2.20. The molecule has 14 heavy (non-hydrogen) atoms. The van der Waals surface area contributed by atoms with Gasteiger partial charge in [0.15, 0.2) is 5.82 Å². The first-order valence-corrected chi connectivity index (χ1v) is 4.40. The average molecular weight is 199 g/mol. The lowest BCUT2D eigenvalue weighted by molar-refractivity contribution is 0.610. The van der Waals surface area contributed by atoms with Crippen LogP contribution in [0, 0.1) is 5.82 Å².